The Balaban J connectivity index is 1.20. The third-order valence-electron chi connectivity index (χ3n) is 5.25. The molecule has 0 spiro atoms. The number of amides is 1. The number of hydrogen-bond donors (Lipinski definition) is 1. The van der Waals surface area contributed by atoms with Gasteiger partial charge in [-0.25, -0.2) is 4.98 Å². The van der Waals surface area contributed by atoms with Gasteiger partial charge >= 0.3 is 0 Å². The molecule has 1 aliphatic rings. The van der Waals surface area contributed by atoms with Crippen LogP contribution in [0, 0.1) is 0 Å². The van der Waals surface area contributed by atoms with Crippen molar-refractivity contribution in [1.29, 1.82) is 0 Å². The zero-order valence-corrected chi connectivity index (χ0v) is 18.2. The first-order valence-corrected chi connectivity index (χ1v) is 11.8. The Morgan fingerprint density at radius 1 is 1.14 bits per heavy atom. The molecule has 1 saturated heterocycles. The van der Waals surface area contributed by atoms with Gasteiger partial charge < -0.3 is 10.2 Å². The Labute approximate surface area is 180 Å². The molecule has 1 aromatic carbocycles. The average Bonchev–Trinajstić information content (AvgIpc) is 3.45. The van der Waals surface area contributed by atoms with E-state index in [2.05, 4.69) is 62.7 Å². The number of anilines is 1. The molecule has 152 valence electrons. The number of aromatic nitrogens is 1. The highest BCUT2D eigenvalue weighted by atomic mass is 32.1. The van der Waals surface area contributed by atoms with Crippen molar-refractivity contribution in [2.45, 2.75) is 19.4 Å². The van der Waals surface area contributed by atoms with Crippen LogP contribution in [-0.2, 0) is 0 Å². The number of piperazine rings is 1. The molecule has 1 atom stereocenters. The highest BCUT2D eigenvalue weighted by Gasteiger charge is 2.19. The minimum absolute atomic E-state index is 0.0795. The molecule has 0 aliphatic carbocycles. The molecule has 2 aromatic heterocycles. The smallest absolute Gasteiger partial charge is 0.270 e. The van der Waals surface area contributed by atoms with E-state index in [0.717, 1.165) is 49.7 Å². The molecule has 1 amide bonds. The largest absolute Gasteiger partial charge is 0.369 e. The average molecular weight is 427 g/mol. The topological polar surface area (TPSA) is 48.5 Å². The van der Waals surface area contributed by atoms with Crippen molar-refractivity contribution in [3.05, 3.63) is 58.2 Å². The predicted octanol–water partition coefficient (Wildman–Crippen LogP) is 4.20. The molecule has 3 aromatic rings. The number of thiophene rings is 1. The van der Waals surface area contributed by atoms with Gasteiger partial charge in [0.2, 0.25) is 0 Å². The molecular formula is C22H26N4OS2. The van der Waals surface area contributed by atoms with Gasteiger partial charge in [0.1, 0.15) is 10.7 Å². The van der Waals surface area contributed by atoms with Crippen molar-refractivity contribution in [2.24, 2.45) is 0 Å². The van der Waals surface area contributed by atoms with E-state index in [9.17, 15) is 4.79 Å². The number of carbonyl (C=O) groups excluding carboxylic acids is 1. The summed E-state index contributed by atoms with van der Waals surface area (Å²) in [4.78, 5) is 21.9. The van der Waals surface area contributed by atoms with Crippen LogP contribution in [0.1, 0.15) is 23.8 Å². The maximum absolute atomic E-state index is 12.5. The van der Waals surface area contributed by atoms with Crippen molar-refractivity contribution < 1.29 is 4.79 Å². The van der Waals surface area contributed by atoms with Crippen LogP contribution in [0.25, 0.3) is 10.6 Å². The van der Waals surface area contributed by atoms with Gasteiger partial charge in [0.15, 0.2) is 0 Å². The normalized spacial score (nSPS) is 16.0. The lowest BCUT2D eigenvalue weighted by Gasteiger charge is -2.36. The van der Waals surface area contributed by atoms with E-state index in [1.165, 1.54) is 17.0 Å². The van der Waals surface area contributed by atoms with Gasteiger partial charge in [-0.05, 0) is 36.9 Å². The molecule has 5 nitrogen and oxygen atoms in total. The van der Waals surface area contributed by atoms with E-state index in [0.29, 0.717) is 5.69 Å². The van der Waals surface area contributed by atoms with Crippen molar-refractivity contribution in [2.75, 3.05) is 37.6 Å². The molecule has 1 aliphatic heterocycles. The fraction of sp³-hybridized carbons (Fsp3) is 0.364. The van der Waals surface area contributed by atoms with Crippen LogP contribution in [0.15, 0.2) is 52.5 Å². The van der Waals surface area contributed by atoms with Crippen LogP contribution >= 0.6 is 22.7 Å². The number of thiazole rings is 1. The van der Waals surface area contributed by atoms with Gasteiger partial charge in [0.25, 0.3) is 5.91 Å². The fourth-order valence-electron chi connectivity index (χ4n) is 3.51. The van der Waals surface area contributed by atoms with Crippen LogP contribution < -0.4 is 10.2 Å². The first-order valence-electron chi connectivity index (χ1n) is 10.0. The summed E-state index contributed by atoms with van der Waals surface area (Å²) >= 11 is 3.16. The van der Waals surface area contributed by atoms with Crippen LogP contribution in [0.3, 0.4) is 0 Å². The number of rotatable bonds is 7. The number of benzene rings is 1. The third-order valence-corrected chi connectivity index (χ3v) is 6.83. The van der Waals surface area contributed by atoms with E-state index < -0.39 is 0 Å². The molecule has 0 saturated carbocycles. The maximum atomic E-state index is 12.5. The first kappa shape index (κ1) is 20.1. The molecular weight excluding hydrogens is 400 g/mol. The van der Waals surface area contributed by atoms with E-state index in [1.807, 2.05) is 16.8 Å². The molecule has 0 bridgehead atoms. The van der Waals surface area contributed by atoms with Crippen LogP contribution in [0.5, 0.6) is 0 Å². The Hall–Kier alpha value is -2.22. The van der Waals surface area contributed by atoms with Gasteiger partial charge in [-0.15, -0.1) is 11.3 Å². The van der Waals surface area contributed by atoms with Gasteiger partial charge in [-0.3, -0.25) is 9.69 Å². The van der Waals surface area contributed by atoms with E-state index in [4.69, 9.17) is 0 Å². The SMILES string of the molecule is CC(CCN1CCN(c2ccccc2)CC1)NC(=O)c1csc(-c2ccsc2)n1. The van der Waals surface area contributed by atoms with E-state index in [1.54, 1.807) is 11.3 Å². The summed E-state index contributed by atoms with van der Waals surface area (Å²) < 4.78 is 0. The lowest BCUT2D eigenvalue weighted by atomic mass is 10.2. The number of nitrogens with zero attached hydrogens (tertiary/aromatic N) is 3. The minimum atomic E-state index is -0.0795. The molecule has 4 rings (SSSR count). The number of hydrogen-bond acceptors (Lipinski definition) is 6. The van der Waals surface area contributed by atoms with Gasteiger partial charge in [0, 0.05) is 60.8 Å². The van der Waals surface area contributed by atoms with Gasteiger partial charge in [-0.1, -0.05) is 18.2 Å². The van der Waals surface area contributed by atoms with Crippen LogP contribution in [0.4, 0.5) is 5.69 Å². The second-order valence-electron chi connectivity index (χ2n) is 7.38. The Bertz CT molecular complexity index is 902. The summed E-state index contributed by atoms with van der Waals surface area (Å²) in [6.45, 7) is 7.30. The van der Waals surface area contributed by atoms with Crippen LogP contribution in [-0.4, -0.2) is 54.6 Å². The highest BCUT2D eigenvalue weighted by Crippen LogP contribution is 2.25. The first-order chi connectivity index (χ1) is 14.2. The van der Waals surface area contributed by atoms with Crippen molar-refractivity contribution in [1.82, 2.24) is 15.2 Å². The molecule has 1 fully saturated rings. The molecule has 1 unspecified atom stereocenters. The number of carbonyl (C=O) groups is 1. The molecule has 3 heterocycles. The van der Waals surface area contributed by atoms with Crippen molar-refractivity contribution >= 4 is 34.3 Å². The Morgan fingerprint density at radius 2 is 1.93 bits per heavy atom. The lowest BCUT2D eigenvalue weighted by Crippen LogP contribution is -2.47. The van der Waals surface area contributed by atoms with E-state index >= 15 is 0 Å². The monoisotopic (exact) mass is 426 g/mol. The van der Waals surface area contributed by atoms with Gasteiger partial charge in [-0.2, -0.15) is 11.3 Å². The zero-order valence-electron chi connectivity index (χ0n) is 16.6. The van der Waals surface area contributed by atoms with E-state index in [-0.39, 0.29) is 11.9 Å². The quantitative estimate of drug-likeness (QED) is 0.615. The highest BCUT2D eigenvalue weighted by molar-refractivity contribution is 7.14. The minimum Gasteiger partial charge on any atom is -0.369 e. The summed E-state index contributed by atoms with van der Waals surface area (Å²) in [5, 5.41) is 9.93. The Kier molecular flexibility index (Phi) is 6.59. The lowest BCUT2D eigenvalue weighted by molar-refractivity contribution is 0.0931. The van der Waals surface area contributed by atoms with Crippen molar-refractivity contribution in [3.8, 4) is 10.6 Å². The summed E-state index contributed by atoms with van der Waals surface area (Å²) in [6.07, 6.45) is 0.943. The number of para-hydroxylation sites is 1. The standard InChI is InChI=1S/C22H26N4OS2/c1-17(23-21(27)20-16-29-22(24-20)18-8-14-28-15-18)7-9-25-10-12-26(13-11-25)19-5-3-2-4-6-19/h2-6,8,14-17H,7,9-13H2,1H3,(H,23,27). The summed E-state index contributed by atoms with van der Waals surface area (Å²) in [5.41, 5.74) is 2.90. The maximum Gasteiger partial charge on any atom is 0.270 e. The Morgan fingerprint density at radius 3 is 2.66 bits per heavy atom. The molecule has 7 heteroatoms. The molecule has 0 radical (unpaired) electrons. The summed E-state index contributed by atoms with van der Waals surface area (Å²) in [5.74, 6) is -0.0795. The molecule has 1 N–H and O–H groups in total. The van der Waals surface area contributed by atoms with Gasteiger partial charge in [0.05, 0.1) is 0 Å². The van der Waals surface area contributed by atoms with Crippen molar-refractivity contribution in [3.63, 3.8) is 0 Å². The zero-order chi connectivity index (χ0) is 20.1. The van der Waals surface area contributed by atoms with Crippen LogP contribution in [0.2, 0.25) is 0 Å². The molecule has 29 heavy (non-hydrogen) atoms. The number of nitrogens with one attached hydrogen (secondary N) is 1. The fourth-order valence-corrected chi connectivity index (χ4v) is 5.02. The second kappa shape index (κ2) is 9.52. The summed E-state index contributed by atoms with van der Waals surface area (Å²) in [7, 11) is 0. The predicted molar refractivity (Wildman–Crippen MR) is 122 cm³/mol. The summed E-state index contributed by atoms with van der Waals surface area (Å²) in [6, 6.07) is 12.8. The second-order valence-corrected chi connectivity index (χ2v) is 9.02. The third kappa shape index (κ3) is 5.23.